The summed E-state index contributed by atoms with van der Waals surface area (Å²) >= 11 is 0. The number of aliphatic hydroxyl groups is 2. The van der Waals surface area contributed by atoms with Gasteiger partial charge in [0, 0.05) is 11.8 Å². The second-order valence-electron chi connectivity index (χ2n) is 13.2. The molecule has 3 heteroatoms. The fraction of sp³-hybridized carbons (Fsp3) is 0.931. The molecule has 0 radical (unpaired) electrons. The summed E-state index contributed by atoms with van der Waals surface area (Å²) < 4.78 is 6.36. The SMILES string of the molecule is CC[C@H](CC[C@@H](C)[C@H]1CCC2=C3[C@H](O)[C@@H]4O[C@@]45C[C@@H](O)CC[C@]5(C)[C@H]3CC[C@@]21C)C(C)C. The van der Waals surface area contributed by atoms with Gasteiger partial charge in [0.2, 0.25) is 0 Å². The Bertz CT molecular complexity index is 772. The van der Waals surface area contributed by atoms with Gasteiger partial charge in [0.05, 0.1) is 6.10 Å². The van der Waals surface area contributed by atoms with Crippen molar-refractivity contribution in [3.05, 3.63) is 11.1 Å². The van der Waals surface area contributed by atoms with Crippen LogP contribution in [0.1, 0.15) is 106 Å². The van der Waals surface area contributed by atoms with Crippen LogP contribution < -0.4 is 0 Å². The molecule has 1 saturated heterocycles. The van der Waals surface area contributed by atoms with Crippen LogP contribution in [0.2, 0.25) is 0 Å². The number of hydrogen-bond acceptors (Lipinski definition) is 3. The van der Waals surface area contributed by atoms with E-state index in [1.807, 2.05) is 0 Å². The van der Waals surface area contributed by atoms with E-state index >= 15 is 0 Å². The Morgan fingerprint density at radius 1 is 1.03 bits per heavy atom. The maximum absolute atomic E-state index is 11.5. The number of allylic oxidation sites excluding steroid dienone is 1. The first-order valence-electron chi connectivity index (χ1n) is 13.9. The molecule has 4 fully saturated rings. The summed E-state index contributed by atoms with van der Waals surface area (Å²) in [5.74, 6) is 3.56. The highest BCUT2D eigenvalue weighted by molar-refractivity contribution is 5.43. The Kier molecular flexibility index (Phi) is 5.71. The standard InChI is InChI=1S/C29H48O3/c1-7-19(17(2)3)9-8-18(4)21-10-11-22-24-23(13-14-27(21,22)5)28(6)15-12-20(30)16-29(28)26(32-29)25(24)31/h17-21,23,25-26,30-31H,7-16H2,1-6H3/t18-,19-,20+,21-,23+,25+,26+,27-,28-,29+/m1/s1. The molecule has 10 atom stereocenters. The van der Waals surface area contributed by atoms with Gasteiger partial charge in [-0.1, -0.05) is 60.0 Å². The Balaban J connectivity index is 1.41. The van der Waals surface area contributed by atoms with Crippen molar-refractivity contribution in [2.45, 2.75) is 130 Å². The number of aliphatic hydroxyl groups excluding tert-OH is 2. The summed E-state index contributed by atoms with van der Waals surface area (Å²) in [6.07, 6.45) is 10.7. The number of hydrogen-bond donors (Lipinski definition) is 2. The molecule has 1 spiro atoms. The third-order valence-corrected chi connectivity index (χ3v) is 11.7. The molecule has 0 aromatic heterocycles. The molecule has 0 aromatic rings. The Labute approximate surface area is 196 Å². The van der Waals surface area contributed by atoms with E-state index in [4.69, 9.17) is 4.74 Å². The first-order valence-corrected chi connectivity index (χ1v) is 13.9. The molecule has 32 heavy (non-hydrogen) atoms. The van der Waals surface area contributed by atoms with Gasteiger partial charge in [-0.15, -0.1) is 0 Å². The van der Waals surface area contributed by atoms with Crippen LogP contribution in [-0.2, 0) is 4.74 Å². The largest absolute Gasteiger partial charge is 0.393 e. The topological polar surface area (TPSA) is 53.0 Å². The van der Waals surface area contributed by atoms with Crippen LogP contribution in [-0.4, -0.2) is 34.1 Å². The quantitative estimate of drug-likeness (QED) is 0.375. The van der Waals surface area contributed by atoms with E-state index < -0.39 is 6.10 Å². The minimum Gasteiger partial charge on any atom is -0.393 e. The fourth-order valence-electron chi connectivity index (χ4n) is 9.53. The molecule has 0 amide bonds. The van der Waals surface area contributed by atoms with E-state index in [2.05, 4.69) is 41.5 Å². The number of ether oxygens (including phenoxy) is 1. The molecule has 0 unspecified atom stereocenters. The van der Waals surface area contributed by atoms with Gasteiger partial charge in [-0.05, 0) is 85.5 Å². The molecule has 1 heterocycles. The lowest BCUT2D eigenvalue weighted by atomic mass is 9.48. The third kappa shape index (κ3) is 3.09. The van der Waals surface area contributed by atoms with Gasteiger partial charge in [-0.2, -0.15) is 0 Å². The van der Waals surface area contributed by atoms with Crippen molar-refractivity contribution in [1.82, 2.24) is 0 Å². The Morgan fingerprint density at radius 3 is 2.47 bits per heavy atom. The van der Waals surface area contributed by atoms with Crippen LogP contribution in [0, 0.1) is 40.4 Å². The van der Waals surface area contributed by atoms with Crippen molar-refractivity contribution in [3.63, 3.8) is 0 Å². The maximum atomic E-state index is 11.5. The van der Waals surface area contributed by atoms with Crippen LogP contribution in [0.4, 0.5) is 0 Å². The molecule has 2 N–H and O–H groups in total. The van der Waals surface area contributed by atoms with E-state index in [1.54, 1.807) is 5.57 Å². The average Bonchev–Trinajstić information content (AvgIpc) is 3.36. The van der Waals surface area contributed by atoms with E-state index in [0.29, 0.717) is 5.92 Å². The van der Waals surface area contributed by atoms with E-state index in [-0.39, 0.29) is 28.6 Å². The van der Waals surface area contributed by atoms with Gasteiger partial charge in [0.1, 0.15) is 17.8 Å². The zero-order valence-electron chi connectivity index (χ0n) is 21.5. The summed E-state index contributed by atoms with van der Waals surface area (Å²) in [6, 6.07) is 0. The number of epoxide rings is 1. The predicted octanol–water partition coefficient (Wildman–Crippen LogP) is 6.27. The summed E-state index contributed by atoms with van der Waals surface area (Å²) in [6.45, 7) is 14.6. The molecule has 4 aliphatic carbocycles. The zero-order chi connectivity index (χ0) is 23.1. The normalized spacial score (nSPS) is 49.2. The van der Waals surface area contributed by atoms with E-state index in [0.717, 1.165) is 42.9 Å². The minimum absolute atomic E-state index is 0.0785. The molecule has 182 valence electrons. The Hall–Kier alpha value is -0.380. The minimum atomic E-state index is -0.451. The molecular weight excluding hydrogens is 396 g/mol. The van der Waals surface area contributed by atoms with Crippen molar-refractivity contribution >= 4 is 0 Å². The lowest BCUT2D eigenvalue weighted by Crippen LogP contribution is -2.57. The van der Waals surface area contributed by atoms with Crippen LogP contribution in [0.25, 0.3) is 0 Å². The molecule has 3 saturated carbocycles. The van der Waals surface area contributed by atoms with Crippen LogP contribution in [0.3, 0.4) is 0 Å². The number of fused-ring (bicyclic) bond motifs is 3. The molecule has 5 rings (SSSR count). The molecule has 5 aliphatic rings. The van der Waals surface area contributed by atoms with Crippen LogP contribution in [0.5, 0.6) is 0 Å². The first-order chi connectivity index (χ1) is 15.1. The second-order valence-corrected chi connectivity index (χ2v) is 13.2. The van der Waals surface area contributed by atoms with Crippen molar-refractivity contribution < 1.29 is 14.9 Å². The second kappa shape index (κ2) is 7.82. The molecule has 0 aromatic carbocycles. The van der Waals surface area contributed by atoms with Crippen molar-refractivity contribution in [2.75, 3.05) is 0 Å². The molecule has 1 aliphatic heterocycles. The van der Waals surface area contributed by atoms with Crippen LogP contribution in [0.15, 0.2) is 11.1 Å². The van der Waals surface area contributed by atoms with Gasteiger partial charge in [-0.3, -0.25) is 0 Å². The zero-order valence-corrected chi connectivity index (χ0v) is 21.5. The summed E-state index contributed by atoms with van der Waals surface area (Å²) in [5.41, 5.74) is 3.06. The lowest BCUT2D eigenvalue weighted by Gasteiger charge is -2.56. The van der Waals surface area contributed by atoms with Gasteiger partial charge >= 0.3 is 0 Å². The van der Waals surface area contributed by atoms with Crippen molar-refractivity contribution in [1.29, 1.82) is 0 Å². The van der Waals surface area contributed by atoms with Crippen molar-refractivity contribution in [3.8, 4) is 0 Å². The van der Waals surface area contributed by atoms with Gasteiger partial charge in [0.15, 0.2) is 0 Å². The van der Waals surface area contributed by atoms with E-state index in [1.165, 1.54) is 50.5 Å². The van der Waals surface area contributed by atoms with Crippen LogP contribution >= 0.6 is 0 Å². The molecule has 0 bridgehead atoms. The highest BCUT2D eigenvalue weighted by atomic mass is 16.6. The van der Waals surface area contributed by atoms with Gasteiger partial charge < -0.3 is 14.9 Å². The van der Waals surface area contributed by atoms with Gasteiger partial charge in [0.25, 0.3) is 0 Å². The van der Waals surface area contributed by atoms with E-state index in [9.17, 15) is 10.2 Å². The number of rotatable bonds is 6. The lowest BCUT2D eigenvalue weighted by molar-refractivity contribution is -0.0516. The predicted molar refractivity (Wildman–Crippen MR) is 129 cm³/mol. The Morgan fingerprint density at radius 2 is 1.78 bits per heavy atom. The third-order valence-electron chi connectivity index (χ3n) is 11.7. The van der Waals surface area contributed by atoms with Crippen molar-refractivity contribution in [2.24, 2.45) is 40.4 Å². The summed E-state index contributed by atoms with van der Waals surface area (Å²) in [5, 5.41) is 21.9. The maximum Gasteiger partial charge on any atom is 0.118 e. The monoisotopic (exact) mass is 444 g/mol. The summed E-state index contributed by atoms with van der Waals surface area (Å²) in [7, 11) is 0. The molecule has 3 nitrogen and oxygen atoms in total. The van der Waals surface area contributed by atoms with Gasteiger partial charge in [-0.25, -0.2) is 0 Å². The average molecular weight is 445 g/mol. The highest BCUT2D eigenvalue weighted by Crippen LogP contribution is 2.72. The smallest absolute Gasteiger partial charge is 0.118 e. The fourth-order valence-corrected chi connectivity index (χ4v) is 9.53. The highest BCUT2D eigenvalue weighted by Gasteiger charge is 2.77. The summed E-state index contributed by atoms with van der Waals surface area (Å²) in [4.78, 5) is 0. The molecular formula is C29H48O3. The first kappa shape index (κ1) is 23.4.